The van der Waals surface area contributed by atoms with Gasteiger partial charge in [0.05, 0.1) is 12.7 Å². The fourth-order valence-corrected chi connectivity index (χ4v) is 3.74. The second-order valence-corrected chi connectivity index (χ2v) is 6.37. The summed E-state index contributed by atoms with van der Waals surface area (Å²) in [6, 6.07) is 9.56. The number of ether oxygens (including phenoxy) is 1. The molecule has 1 aromatic carbocycles. The molecule has 3 rings (SSSR count). The van der Waals surface area contributed by atoms with Crippen molar-refractivity contribution < 1.29 is 19.7 Å². The van der Waals surface area contributed by atoms with Crippen LogP contribution < -0.4 is 0 Å². The maximum absolute atomic E-state index is 12.4. The Balaban J connectivity index is 1.65. The van der Waals surface area contributed by atoms with Crippen LogP contribution in [-0.2, 0) is 9.53 Å². The fraction of sp³-hybridized carbons (Fsp3) is 0.588. The first-order valence-electron chi connectivity index (χ1n) is 7.86. The van der Waals surface area contributed by atoms with Crippen molar-refractivity contribution in [2.45, 2.75) is 49.5 Å². The minimum atomic E-state index is -0.636. The summed E-state index contributed by atoms with van der Waals surface area (Å²) in [7, 11) is 2.02. The summed E-state index contributed by atoms with van der Waals surface area (Å²) in [5.41, 5.74) is 0.769. The van der Waals surface area contributed by atoms with Crippen LogP contribution in [-0.4, -0.2) is 59.0 Å². The zero-order valence-electron chi connectivity index (χ0n) is 12.8. The second kappa shape index (κ2) is 6.36. The van der Waals surface area contributed by atoms with Crippen LogP contribution in [0.2, 0.25) is 0 Å². The molecule has 2 heterocycles. The number of piperidine rings is 1. The Bertz CT molecular complexity index is 521. The number of esters is 1. The fourth-order valence-electron chi connectivity index (χ4n) is 3.74. The number of hydrogen-bond acceptors (Lipinski definition) is 5. The minimum Gasteiger partial charge on any atom is -0.462 e. The van der Waals surface area contributed by atoms with E-state index in [-0.39, 0.29) is 36.9 Å². The number of rotatable bonds is 4. The normalized spacial score (nSPS) is 32.7. The van der Waals surface area contributed by atoms with Crippen LogP contribution in [0, 0.1) is 0 Å². The zero-order chi connectivity index (χ0) is 15.7. The van der Waals surface area contributed by atoms with Gasteiger partial charge in [0.1, 0.15) is 12.0 Å². The van der Waals surface area contributed by atoms with Gasteiger partial charge in [-0.05, 0) is 19.0 Å². The number of likely N-dealkylation sites (N-methyl/N-ethyl adjacent to an activating group) is 1. The Labute approximate surface area is 130 Å². The summed E-state index contributed by atoms with van der Waals surface area (Å²) < 4.78 is 5.64. The highest BCUT2D eigenvalue weighted by molar-refractivity contribution is 5.78. The molecule has 5 atom stereocenters. The van der Waals surface area contributed by atoms with Crippen LogP contribution in [0.15, 0.2) is 30.3 Å². The molecule has 0 unspecified atom stereocenters. The molecule has 2 saturated heterocycles. The maximum atomic E-state index is 12.4. The lowest BCUT2D eigenvalue weighted by molar-refractivity contribution is -0.155. The molecule has 5 nitrogen and oxygen atoms in total. The van der Waals surface area contributed by atoms with Crippen molar-refractivity contribution in [3.8, 4) is 0 Å². The molecule has 5 heteroatoms. The number of aliphatic hydroxyl groups is 2. The predicted molar refractivity (Wildman–Crippen MR) is 81.3 cm³/mol. The number of carbonyl (C=O) groups is 1. The Morgan fingerprint density at radius 2 is 2.05 bits per heavy atom. The van der Waals surface area contributed by atoms with Crippen molar-refractivity contribution in [2.24, 2.45) is 0 Å². The smallest absolute Gasteiger partial charge is 0.316 e. The van der Waals surface area contributed by atoms with Crippen molar-refractivity contribution >= 4 is 5.97 Å². The average Bonchev–Trinajstić information content (AvgIpc) is 2.68. The van der Waals surface area contributed by atoms with E-state index in [0.29, 0.717) is 6.42 Å². The zero-order valence-corrected chi connectivity index (χ0v) is 12.8. The van der Waals surface area contributed by atoms with Crippen molar-refractivity contribution in [3.05, 3.63) is 35.9 Å². The van der Waals surface area contributed by atoms with Gasteiger partial charge in [0.25, 0.3) is 0 Å². The standard InChI is InChI=1S/C17H23NO4/c1-18-12-7-13(9-15(18)16(20)8-12)22-17(21)14(10-19)11-5-3-2-4-6-11/h2-6,12-16,19-20H,7-10H2,1H3/t12-,13-,14-,15-,16+/m0/s1. The average molecular weight is 305 g/mol. The van der Waals surface area contributed by atoms with Crippen LogP contribution in [0.4, 0.5) is 0 Å². The van der Waals surface area contributed by atoms with Gasteiger partial charge in [0, 0.05) is 24.9 Å². The molecule has 0 aromatic heterocycles. The quantitative estimate of drug-likeness (QED) is 0.809. The molecule has 120 valence electrons. The topological polar surface area (TPSA) is 70.0 Å². The van der Waals surface area contributed by atoms with E-state index in [2.05, 4.69) is 4.90 Å². The van der Waals surface area contributed by atoms with Crippen LogP contribution in [0.3, 0.4) is 0 Å². The van der Waals surface area contributed by atoms with Gasteiger partial charge in [-0.2, -0.15) is 0 Å². The van der Waals surface area contributed by atoms with E-state index in [1.807, 2.05) is 37.4 Å². The van der Waals surface area contributed by atoms with Crippen molar-refractivity contribution in [3.63, 3.8) is 0 Å². The highest BCUT2D eigenvalue weighted by atomic mass is 16.5. The molecule has 2 aliphatic heterocycles. The Kier molecular flexibility index (Phi) is 4.47. The van der Waals surface area contributed by atoms with E-state index < -0.39 is 5.92 Å². The summed E-state index contributed by atoms with van der Waals surface area (Å²) in [4.78, 5) is 14.6. The Morgan fingerprint density at radius 1 is 1.32 bits per heavy atom. The first kappa shape index (κ1) is 15.5. The summed E-state index contributed by atoms with van der Waals surface area (Å²) >= 11 is 0. The summed E-state index contributed by atoms with van der Waals surface area (Å²) in [6.45, 7) is -0.259. The summed E-state index contributed by atoms with van der Waals surface area (Å²) in [5, 5.41) is 19.6. The molecule has 2 bridgehead atoms. The van der Waals surface area contributed by atoms with E-state index in [9.17, 15) is 15.0 Å². The molecular formula is C17H23NO4. The molecule has 2 fully saturated rings. The van der Waals surface area contributed by atoms with Crippen molar-refractivity contribution in [1.29, 1.82) is 0 Å². The van der Waals surface area contributed by atoms with Crippen LogP contribution >= 0.6 is 0 Å². The highest BCUT2D eigenvalue weighted by Gasteiger charge is 2.45. The third kappa shape index (κ3) is 2.89. The van der Waals surface area contributed by atoms with Crippen LogP contribution in [0.5, 0.6) is 0 Å². The molecule has 22 heavy (non-hydrogen) atoms. The van der Waals surface area contributed by atoms with Gasteiger partial charge in [-0.25, -0.2) is 0 Å². The number of benzene rings is 1. The lowest BCUT2D eigenvalue weighted by Gasteiger charge is -2.36. The van der Waals surface area contributed by atoms with Gasteiger partial charge < -0.3 is 14.9 Å². The van der Waals surface area contributed by atoms with Gasteiger partial charge in [-0.1, -0.05) is 30.3 Å². The van der Waals surface area contributed by atoms with Gasteiger partial charge >= 0.3 is 5.97 Å². The summed E-state index contributed by atoms with van der Waals surface area (Å²) in [5.74, 6) is -1.01. The van der Waals surface area contributed by atoms with E-state index in [0.717, 1.165) is 18.4 Å². The van der Waals surface area contributed by atoms with Gasteiger partial charge in [0.2, 0.25) is 0 Å². The molecule has 0 spiro atoms. The van der Waals surface area contributed by atoms with Gasteiger partial charge in [0.15, 0.2) is 0 Å². The molecule has 2 aliphatic rings. The first-order valence-corrected chi connectivity index (χ1v) is 7.86. The molecule has 0 amide bonds. The molecule has 0 radical (unpaired) electrons. The highest BCUT2D eigenvalue weighted by Crippen LogP contribution is 2.36. The molecule has 0 saturated carbocycles. The lowest BCUT2D eigenvalue weighted by Crippen LogP contribution is -2.45. The third-order valence-corrected chi connectivity index (χ3v) is 5.05. The Hall–Kier alpha value is -1.43. The minimum absolute atomic E-state index is 0.0702. The molecule has 0 aliphatic carbocycles. The summed E-state index contributed by atoms with van der Waals surface area (Å²) in [6.07, 6.45) is 1.66. The number of nitrogens with zero attached hydrogens (tertiary/aromatic N) is 1. The molecule has 1 aromatic rings. The van der Waals surface area contributed by atoms with Crippen LogP contribution in [0.1, 0.15) is 30.7 Å². The van der Waals surface area contributed by atoms with Crippen molar-refractivity contribution in [1.82, 2.24) is 4.90 Å². The number of hydrogen-bond donors (Lipinski definition) is 2. The monoisotopic (exact) mass is 305 g/mol. The maximum Gasteiger partial charge on any atom is 0.316 e. The Morgan fingerprint density at radius 3 is 2.68 bits per heavy atom. The van der Waals surface area contributed by atoms with Gasteiger partial charge in [-0.15, -0.1) is 0 Å². The first-order chi connectivity index (χ1) is 10.6. The second-order valence-electron chi connectivity index (χ2n) is 6.37. The van der Waals surface area contributed by atoms with E-state index in [1.54, 1.807) is 0 Å². The lowest BCUT2D eigenvalue weighted by atomic mass is 9.98. The molecule has 2 N–H and O–H groups in total. The number of aliphatic hydroxyl groups excluding tert-OH is 2. The third-order valence-electron chi connectivity index (χ3n) is 5.05. The number of carbonyl (C=O) groups excluding carboxylic acids is 1. The van der Waals surface area contributed by atoms with Gasteiger partial charge in [-0.3, -0.25) is 9.69 Å². The predicted octanol–water partition coefficient (Wildman–Crippen LogP) is 0.902. The number of fused-ring (bicyclic) bond motifs is 2. The van der Waals surface area contributed by atoms with E-state index in [1.165, 1.54) is 0 Å². The van der Waals surface area contributed by atoms with Crippen LogP contribution in [0.25, 0.3) is 0 Å². The van der Waals surface area contributed by atoms with E-state index in [4.69, 9.17) is 4.74 Å². The van der Waals surface area contributed by atoms with E-state index >= 15 is 0 Å². The largest absolute Gasteiger partial charge is 0.462 e. The molecular weight excluding hydrogens is 282 g/mol. The van der Waals surface area contributed by atoms with Crippen molar-refractivity contribution in [2.75, 3.05) is 13.7 Å². The SMILES string of the molecule is CN1[C@H]2C[C@H](OC(=O)[C@@H](CO)c3ccccc3)C[C@H]1[C@H](O)C2.